The predicted molar refractivity (Wildman–Crippen MR) is 103 cm³/mol. The Morgan fingerprint density at radius 1 is 1.21 bits per heavy atom. The molecule has 4 rings (SSSR count). The molecular formula is C20H16N4O5. The molecule has 29 heavy (non-hydrogen) atoms. The van der Waals surface area contributed by atoms with Gasteiger partial charge in [0.1, 0.15) is 29.9 Å². The van der Waals surface area contributed by atoms with E-state index < -0.39 is 24.2 Å². The molecule has 0 saturated heterocycles. The number of fused-ring (bicyclic) bond motifs is 2. The normalized spacial score (nSPS) is 10.9. The highest BCUT2D eigenvalue weighted by atomic mass is 16.5. The van der Waals surface area contributed by atoms with Crippen LogP contribution in [0.15, 0.2) is 48.8 Å². The number of carboxylic acid groups (broad SMARTS) is 1. The Balaban J connectivity index is 1.77. The average molecular weight is 392 g/mol. The molecule has 0 unspecified atom stereocenters. The lowest BCUT2D eigenvalue weighted by molar-refractivity contribution is -0.135. The number of nitrogens with zero attached hydrogens (tertiary/aromatic N) is 3. The zero-order valence-corrected chi connectivity index (χ0v) is 15.3. The first-order valence-electron chi connectivity index (χ1n) is 8.67. The van der Waals surface area contributed by atoms with Crippen LogP contribution in [0.3, 0.4) is 0 Å². The first kappa shape index (κ1) is 18.2. The van der Waals surface area contributed by atoms with Gasteiger partial charge in [-0.1, -0.05) is 35.9 Å². The molecule has 2 heterocycles. The molecule has 0 aliphatic heterocycles. The lowest BCUT2D eigenvalue weighted by Crippen LogP contribution is -2.29. The zero-order chi connectivity index (χ0) is 20.5. The van der Waals surface area contributed by atoms with Crippen LogP contribution >= 0.6 is 0 Å². The molecule has 0 bridgehead atoms. The fraction of sp³-hybridized carbons (Fsp3) is 0.100. The Bertz CT molecular complexity index is 1260. The maximum atomic E-state index is 12.3. The van der Waals surface area contributed by atoms with Crippen molar-refractivity contribution in [2.75, 3.05) is 6.54 Å². The Hall–Kier alpha value is -4.14. The third-order valence-corrected chi connectivity index (χ3v) is 4.33. The minimum Gasteiger partial charge on any atom is -0.507 e. The fourth-order valence-electron chi connectivity index (χ4n) is 3.05. The number of benzene rings is 2. The maximum Gasteiger partial charge on any atom is 0.322 e. The van der Waals surface area contributed by atoms with E-state index in [4.69, 9.17) is 9.84 Å². The van der Waals surface area contributed by atoms with Crippen molar-refractivity contribution >= 4 is 28.3 Å². The Kier molecular flexibility index (Phi) is 4.47. The highest BCUT2D eigenvalue weighted by Crippen LogP contribution is 2.33. The van der Waals surface area contributed by atoms with Crippen LogP contribution in [0.1, 0.15) is 15.9 Å². The summed E-state index contributed by atoms with van der Waals surface area (Å²) >= 11 is 0. The second kappa shape index (κ2) is 7.12. The summed E-state index contributed by atoms with van der Waals surface area (Å²) in [6.45, 7) is 1.41. The van der Waals surface area contributed by atoms with Gasteiger partial charge < -0.3 is 20.3 Å². The number of hydrogen-bond acceptors (Lipinski definition) is 6. The predicted octanol–water partition coefficient (Wildman–Crippen LogP) is 2.50. The van der Waals surface area contributed by atoms with Crippen molar-refractivity contribution in [3.63, 3.8) is 0 Å². The molecule has 4 aromatic rings. The van der Waals surface area contributed by atoms with Crippen molar-refractivity contribution in [3.05, 3.63) is 59.9 Å². The van der Waals surface area contributed by atoms with Crippen molar-refractivity contribution in [1.82, 2.24) is 19.9 Å². The quantitative estimate of drug-likeness (QED) is 0.476. The van der Waals surface area contributed by atoms with Crippen LogP contribution in [0.2, 0.25) is 0 Å². The van der Waals surface area contributed by atoms with Crippen LogP contribution in [0.25, 0.3) is 16.4 Å². The van der Waals surface area contributed by atoms with Gasteiger partial charge in [-0.15, -0.1) is 0 Å². The molecule has 0 aliphatic rings. The number of carbonyl (C=O) groups excluding carboxylic acids is 1. The number of ether oxygens (including phenoxy) is 1. The van der Waals surface area contributed by atoms with E-state index in [2.05, 4.69) is 15.4 Å². The summed E-state index contributed by atoms with van der Waals surface area (Å²) in [5, 5.41) is 27.3. The number of pyridine rings is 1. The molecule has 0 saturated carbocycles. The van der Waals surface area contributed by atoms with Gasteiger partial charge in [-0.3, -0.25) is 9.59 Å². The highest BCUT2D eigenvalue weighted by molar-refractivity contribution is 6.03. The second-order valence-electron chi connectivity index (χ2n) is 6.40. The Morgan fingerprint density at radius 2 is 2.03 bits per heavy atom. The van der Waals surface area contributed by atoms with Crippen LogP contribution in [0, 0.1) is 6.92 Å². The summed E-state index contributed by atoms with van der Waals surface area (Å²) < 4.78 is 7.26. The van der Waals surface area contributed by atoms with Gasteiger partial charge in [0.05, 0.1) is 0 Å². The number of rotatable bonds is 5. The summed E-state index contributed by atoms with van der Waals surface area (Å²) in [6, 6.07) is 12.8. The fourth-order valence-corrected chi connectivity index (χ4v) is 3.05. The van der Waals surface area contributed by atoms with Gasteiger partial charge in [0.2, 0.25) is 5.88 Å². The summed E-state index contributed by atoms with van der Waals surface area (Å²) in [6.07, 6.45) is 1.21. The van der Waals surface area contributed by atoms with Crippen molar-refractivity contribution in [1.29, 1.82) is 0 Å². The van der Waals surface area contributed by atoms with Crippen LogP contribution < -0.4 is 10.1 Å². The van der Waals surface area contributed by atoms with E-state index in [0.29, 0.717) is 5.75 Å². The highest BCUT2D eigenvalue weighted by Gasteiger charge is 2.22. The van der Waals surface area contributed by atoms with Crippen LogP contribution in [0.4, 0.5) is 0 Å². The van der Waals surface area contributed by atoms with E-state index >= 15 is 0 Å². The number of carboxylic acids is 1. The van der Waals surface area contributed by atoms with Gasteiger partial charge in [0.15, 0.2) is 5.65 Å². The second-order valence-corrected chi connectivity index (χ2v) is 6.40. The molecule has 0 radical (unpaired) electrons. The maximum absolute atomic E-state index is 12.3. The molecule has 3 N–H and O–H groups in total. The Labute approximate surface area is 164 Å². The van der Waals surface area contributed by atoms with Crippen LogP contribution in [0.5, 0.6) is 17.4 Å². The number of carbonyl (C=O) groups is 2. The van der Waals surface area contributed by atoms with Crippen LogP contribution in [-0.2, 0) is 4.79 Å². The van der Waals surface area contributed by atoms with Crippen molar-refractivity contribution in [2.45, 2.75) is 6.92 Å². The zero-order valence-electron chi connectivity index (χ0n) is 15.3. The number of hydrogen-bond donors (Lipinski definition) is 3. The largest absolute Gasteiger partial charge is 0.507 e. The first-order chi connectivity index (χ1) is 13.9. The summed E-state index contributed by atoms with van der Waals surface area (Å²) in [5.74, 6) is -1.70. The molecule has 0 fully saturated rings. The number of aryl methyl sites for hydroxylation is 1. The minimum absolute atomic E-state index is 0.0407. The SMILES string of the molecule is Cc1ccc2c(Oc3cc(O)c(C(=O)NCC(=O)O)c4ncnn34)cccc2c1. The third kappa shape index (κ3) is 3.41. The molecule has 0 spiro atoms. The van der Waals surface area contributed by atoms with Gasteiger partial charge in [0, 0.05) is 11.5 Å². The molecular weight excluding hydrogens is 376 g/mol. The molecule has 0 atom stereocenters. The topological polar surface area (TPSA) is 126 Å². The molecule has 9 heteroatoms. The third-order valence-electron chi connectivity index (χ3n) is 4.33. The summed E-state index contributed by atoms with van der Waals surface area (Å²) in [4.78, 5) is 27.0. The molecule has 9 nitrogen and oxygen atoms in total. The van der Waals surface area contributed by atoms with Crippen molar-refractivity contribution < 1.29 is 24.5 Å². The molecule has 2 aromatic heterocycles. The lowest BCUT2D eigenvalue weighted by atomic mass is 10.1. The van der Waals surface area contributed by atoms with Gasteiger partial charge in [-0.25, -0.2) is 4.98 Å². The lowest BCUT2D eigenvalue weighted by Gasteiger charge is -2.13. The van der Waals surface area contributed by atoms with Gasteiger partial charge in [-0.05, 0) is 18.4 Å². The van der Waals surface area contributed by atoms with E-state index in [1.54, 1.807) is 6.07 Å². The van der Waals surface area contributed by atoms with Gasteiger partial charge >= 0.3 is 5.97 Å². The molecule has 146 valence electrons. The average Bonchev–Trinajstić information content (AvgIpc) is 3.16. The number of aromatic nitrogens is 3. The number of aliphatic carboxylic acids is 1. The van der Waals surface area contributed by atoms with Gasteiger partial charge in [-0.2, -0.15) is 9.61 Å². The van der Waals surface area contributed by atoms with E-state index in [9.17, 15) is 14.7 Å². The number of amides is 1. The standard InChI is InChI=1S/C20H16N4O5/c1-11-5-6-13-12(7-11)3-2-4-15(13)29-16-8-14(25)18(19-22-10-23-24(16)19)20(28)21-9-17(26)27/h2-8,10,25H,9H2,1H3,(H,21,28)(H,26,27). The van der Waals surface area contributed by atoms with Gasteiger partial charge in [0.25, 0.3) is 5.91 Å². The summed E-state index contributed by atoms with van der Waals surface area (Å²) in [5.41, 5.74) is 0.964. The number of nitrogens with one attached hydrogen (secondary N) is 1. The monoisotopic (exact) mass is 392 g/mol. The van der Waals surface area contributed by atoms with E-state index in [1.807, 2.05) is 37.3 Å². The smallest absolute Gasteiger partial charge is 0.322 e. The molecule has 2 aromatic carbocycles. The van der Waals surface area contributed by atoms with Crippen LogP contribution in [-0.4, -0.2) is 43.2 Å². The first-order valence-corrected chi connectivity index (χ1v) is 8.67. The number of aromatic hydroxyl groups is 1. The Morgan fingerprint density at radius 3 is 2.83 bits per heavy atom. The van der Waals surface area contributed by atoms with E-state index in [0.717, 1.165) is 16.3 Å². The molecule has 0 aliphatic carbocycles. The van der Waals surface area contributed by atoms with Crippen molar-refractivity contribution in [2.24, 2.45) is 0 Å². The van der Waals surface area contributed by atoms with E-state index in [1.165, 1.54) is 16.9 Å². The minimum atomic E-state index is -1.21. The summed E-state index contributed by atoms with van der Waals surface area (Å²) in [7, 11) is 0. The van der Waals surface area contributed by atoms with Crippen molar-refractivity contribution in [3.8, 4) is 17.4 Å². The molecule has 1 amide bonds. The van der Waals surface area contributed by atoms with E-state index in [-0.39, 0.29) is 17.1 Å².